The van der Waals surface area contributed by atoms with Crippen LogP contribution in [0.4, 0.5) is 0 Å². The fraction of sp³-hybridized carbons (Fsp3) is 0.625. The standard InChI is InChI=1S/C16H28N6O6/c1-9(2)4-11(16(28)19-5-12(17)24)22-14(26)7-20-15(27)10(3)21-13(25)6-18-8-23/h8-11H,4-7H2,1-3H3,(H2,17,24)(H,18,23)(H,19,28)(H,20,27)(H,21,25)(H,22,26). The molecule has 0 aliphatic rings. The predicted octanol–water partition coefficient (Wildman–Crippen LogP) is -3.51. The zero-order chi connectivity index (χ0) is 21.7. The van der Waals surface area contributed by atoms with Crippen LogP contribution in [0.3, 0.4) is 0 Å². The summed E-state index contributed by atoms with van der Waals surface area (Å²) in [4.78, 5) is 68.3. The molecule has 0 heterocycles. The van der Waals surface area contributed by atoms with E-state index in [9.17, 15) is 28.8 Å². The summed E-state index contributed by atoms with van der Waals surface area (Å²) in [7, 11) is 0. The van der Waals surface area contributed by atoms with Gasteiger partial charge in [0.15, 0.2) is 0 Å². The summed E-state index contributed by atoms with van der Waals surface area (Å²) in [5.41, 5.74) is 4.97. The molecule has 28 heavy (non-hydrogen) atoms. The molecule has 158 valence electrons. The molecule has 0 rings (SSSR count). The van der Waals surface area contributed by atoms with E-state index in [1.165, 1.54) is 6.92 Å². The second kappa shape index (κ2) is 13.1. The van der Waals surface area contributed by atoms with Gasteiger partial charge in [-0.1, -0.05) is 13.8 Å². The average Bonchev–Trinajstić information content (AvgIpc) is 2.61. The molecule has 7 N–H and O–H groups in total. The topological polar surface area (TPSA) is 189 Å². The van der Waals surface area contributed by atoms with Gasteiger partial charge >= 0.3 is 0 Å². The fourth-order valence-corrected chi connectivity index (χ4v) is 2.06. The quantitative estimate of drug-likeness (QED) is 0.174. The molecule has 0 bridgehead atoms. The maximum atomic E-state index is 12.1. The average molecular weight is 400 g/mol. The van der Waals surface area contributed by atoms with Crippen molar-refractivity contribution >= 4 is 35.9 Å². The molecule has 0 saturated heterocycles. The Morgan fingerprint density at radius 2 is 1.43 bits per heavy atom. The Morgan fingerprint density at radius 3 is 1.96 bits per heavy atom. The summed E-state index contributed by atoms with van der Waals surface area (Å²) in [5, 5.41) is 11.6. The van der Waals surface area contributed by atoms with Crippen LogP contribution in [-0.4, -0.2) is 67.7 Å². The molecule has 0 radical (unpaired) electrons. The lowest BCUT2D eigenvalue weighted by molar-refractivity contribution is -0.131. The van der Waals surface area contributed by atoms with Gasteiger partial charge in [-0.25, -0.2) is 0 Å². The van der Waals surface area contributed by atoms with E-state index in [1.54, 1.807) is 0 Å². The van der Waals surface area contributed by atoms with Gasteiger partial charge in [0.05, 0.1) is 19.6 Å². The lowest BCUT2D eigenvalue weighted by Gasteiger charge is -2.20. The first-order valence-corrected chi connectivity index (χ1v) is 8.66. The first-order valence-electron chi connectivity index (χ1n) is 8.66. The van der Waals surface area contributed by atoms with Gasteiger partial charge in [0.2, 0.25) is 35.9 Å². The van der Waals surface area contributed by atoms with Crippen molar-refractivity contribution < 1.29 is 28.8 Å². The molecule has 0 saturated carbocycles. The molecule has 2 unspecified atom stereocenters. The van der Waals surface area contributed by atoms with Crippen LogP contribution < -0.4 is 32.3 Å². The van der Waals surface area contributed by atoms with E-state index in [1.807, 2.05) is 13.8 Å². The Bertz CT molecular complexity index is 594. The SMILES string of the molecule is CC(C)CC(NC(=O)CNC(=O)C(C)NC(=O)CNC=O)C(=O)NCC(N)=O. The van der Waals surface area contributed by atoms with Crippen molar-refractivity contribution in [3.8, 4) is 0 Å². The Balaban J connectivity index is 4.53. The molecular formula is C16H28N6O6. The molecular weight excluding hydrogens is 372 g/mol. The van der Waals surface area contributed by atoms with Gasteiger partial charge in [0.1, 0.15) is 12.1 Å². The summed E-state index contributed by atoms with van der Waals surface area (Å²) < 4.78 is 0. The highest BCUT2D eigenvalue weighted by atomic mass is 16.2. The van der Waals surface area contributed by atoms with Crippen LogP contribution in [0.2, 0.25) is 0 Å². The summed E-state index contributed by atoms with van der Waals surface area (Å²) in [6.45, 7) is 4.07. The molecule has 0 aromatic carbocycles. The number of primary amides is 1. The minimum Gasteiger partial charge on any atom is -0.368 e. The van der Waals surface area contributed by atoms with Crippen LogP contribution in [0, 0.1) is 5.92 Å². The van der Waals surface area contributed by atoms with Gasteiger partial charge in [-0.05, 0) is 19.3 Å². The van der Waals surface area contributed by atoms with Crippen molar-refractivity contribution in [1.82, 2.24) is 26.6 Å². The Kier molecular flexibility index (Phi) is 11.6. The van der Waals surface area contributed by atoms with E-state index in [0.717, 1.165) is 0 Å². The van der Waals surface area contributed by atoms with Crippen molar-refractivity contribution in [3.63, 3.8) is 0 Å². The van der Waals surface area contributed by atoms with Gasteiger partial charge < -0.3 is 32.3 Å². The highest BCUT2D eigenvalue weighted by molar-refractivity contribution is 5.93. The predicted molar refractivity (Wildman–Crippen MR) is 98.3 cm³/mol. The second-order valence-corrected chi connectivity index (χ2v) is 6.44. The molecule has 12 heteroatoms. The fourth-order valence-electron chi connectivity index (χ4n) is 2.06. The molecule has 0 aliphatic heterocycles. The third-order valence-corrected chi connectivity index (χ3v) is 3.34. The van der Waals surface area contributed by atoms with E-state index in [-0.39, 0.29) is 19.0 Å². The highest BCUT2D eigenvalue weighted by Crippen LogP contribution is 2.04. The third kappa shape index (κ3) is 11.4. The zero-order valence-electron chi connectivity index (χ0n) is 16.2. The first kappa shape index (κ1) is 24.8. The van der Waals surface area contributed by atoms with Crippen molar-refractivity contribution in [2.45, 2.75) is 39.3 Å². The van der Waals surface area contributed by atoms with Gasteiger partial charge in [-0.3, -0.25) is 28.8 Å². The highest BCUT2D eigenvalue weighted by Gasteiger charge is 2.23. The molecule has 0 spiro atoms. The number of hydrogen-bond donors (Lipinski definition) is 6. The second-order valence-electron chi connectivity index (χ2n) is 6.44. The molecule has 12 nitrogen and oxygen atoms in total. The van der Waals surface area contributed by atoms with Crippen molar-refractivity contribution in [3.05, 3.63) is 0 Å². The zero-order valence-corrected chi connectivity index (χ0v) is 16.2. The summed E-state index contributed by atoms with van der Waals surface area (Å²) in [5.74, 6) is -3.00. The molecule has 0 aliphatic carbocycles. The van der Waals surface area contributed by atoms with Crippen LogP contribution >= 0.6 is 0 Å². The molecule has 2 atom stereocenters. The number of amides is 6. The van der Waals surface area contributed by atoms with Crippen LogP contribution in [0.1, 0.15) is 27.2 Å². The number of nitrogens with one attached hydrogen (secondary N) is 5. The lowest BCUT2D eigenvalue weighted by Crippen LogP contribution is -2.53. The van der Waals surface area contributed by atoms with Crippen molar-refractivity contribution in [2.24, 2.45) is 11.7 Å². The van der Waals surface area contributed by atoms with E-state index >= 15 is 0 Å². The van der Waals surface area contributed by atoms with Crippen molar-refractivity contribution in [2.75, 3.05) is 19.6 Å². The molecule has 0 aromatic rings. The molecule has 0 fully saturated rings. The normalized spacial score (nSPS) is 12.3. The number of rotatable bonds is 13. The van der Waals surface area contributed by atoms with Gasteiger partial charge in [-0.2, -0.15) is 0 Å². The van der Waals surface area contributed by atoms with Crippen LogP contribution in [-0.2, 0) is 28.8 Å². The van der Waals surface area contributed by atoms with Gasteiger partial charge in [-0.15, -0.1) is 0 Å². The first-order chi connectivity index (χ1) is 13.1. The Hall–Kier alpha value is -3.18. The number of nitrogens with two attached hydrogens (primary N) is 1. The van der Waals surface area contributed by atoms with Gasteiger partial charge in [0.25, 0.3) is 0 Å². The Morgan fingerprint density at radius 1 is 0.857 bits per heavy atom. The van der Waals surface area contributed by atoms with E-state index in [2.05, 4.69) is 26.6 Å². The van der Waals surface area contributed by atoms with Gasteiger partial charge in [0, 0.05) is 0 Å². The number of hydrogen-bond acceptors (Lipinski definition) is 6. The summed E-state index contributed by atoms with van der Waals surface area (Å²) in [6.07, 6.45) is 0.669. The minimum absolute atomic E-state index is 0.0782. The smallest absolute Gasteiger partial charge is 0.243 e. The Labute approximate surface area is 162 Å². The largest absolute Gasteiger partial charge is 0.368 e. The monoisotopic (exact) mass is 400 g/mol. The maximum absolute atomic E-state index is 12.1. The maximum Gasteiger partial charge on any atom is 0.243 e. The minimum atomic E-state index is -0.931. The van der Waals surface area contributed by atoms with E-state index in [4.69, 9.17) is 5.73 Å². The van der Waals surface area contributed by atoms with E-state index < -0.39 is 48.2 Å². The van der Waals surface area contributed by atoms with Crippen LogP contribution in [0.25, 0.3) is 0 Å². The molecule has 6 amide bonds. The van der Waals surface area contributed by atoms with E-state index in [0.29, 0.717) is 12.8 Å². The number of carbonyl (C=O) groups is 6. The number of carbonyl (C=O) groups excluding carboxylic acids is 6. The summed E-state index contributed by atoms with van der Waals surface area (Å²) in [6, 6.07) is -1.82. The summed E-state index contributed by atoms with van der Waals surface area (Å²) >= 11 is 0. The van der Waals surface area contributed by atoms with Crippen LogP contribution in [0.5, 0.6) is 0 Å². The third-order valence-electron chi connectivity index (χ3n) is 3.34. The van der Waals surface area contributed by atoms with Crippen LogP contribution in [0.15, 0.2) is 0 Å². The molecule has 0 aromatic heterocycles. The lowest BCUT2D eigenvalue weighted by atomic mass is 10.0. The van der Waals surface area contributed by atoms with Crippen molar-refractivity contribution in [1.29, 1.82) is 0 Å².